The van der Waals surface area contributed by atoms with Crippen molar-refractivity contribution in [2.24, 2.45) is 22.6 Å². The maximum Gasteiger partial charge on any atom is 0.255 e. The highest BCUT2D eigenvalue weighted by Crippen LogP contribution is 2.53. The number of aliphatic hydroxyl groups is 3. The first-order valence-electron chi connectivity index (χ1n) is 14.2. The average Bonchev–Trinajstić information content (AvgIpc) is 3.35. The highest BCUT2D eigenvalue weighted by atomic mass is 16.3. The number of phenolic OH excluding ortho intramolecular Hbond substituents is 1. The molecule has 6 N–H and O–H groups in total. The average molecular weight is 587 g/mol. The van der Waals surface area contributed by atoms with Crippen LogP contribution in [-0.4, -0.2) is 92.9 Å². The van der Waals surface area contributed by atoms with Crippen molar-refractivity contribution < 1.29 is 34.8 Å². The third-order valence-electron chi connectivity index (χ3n) is 9.38. The first kappa shape index (κ1) is 28.6. The molecule has 2 aromatic carbocycles. The third-order valence-corrected chi connectivity index (χ3v) is 9.38. The molecule has 1 saturated carbocycles. The summed E-state index contributed by atoms with van der Waals surface area (Å²) in [5, 5.41) is 45.1. The van der Waals surface area contributed by atoms with Crippen LogP contribution >= 0.6 is 0 Å². The van der Waals surface area contributed by atoms with Crippen molar-refractivity contribution in [3.63, 3.8) is 0 Å². The lowest BCUT2D eigenvalue weighted by Crippen LogP contribution is -2.65. The molecule has 1 saturated heterocycles. The second kappa shape index (κ2) is 10.1. The van der Waals surface area contributed by atoms with Gasteiger partial charge in [-0.05, 0) is 74.2 Å². The van der Waals surface area contributed by atoms with Crippen molar-refractivity contribution in [2.45, 2.75) is 37.3 Å². The molecule has 1 amide bonds. The fraction of sp³-hybridized carbons (Fsp3) is 0.375. The van der Waals surface area contributed by atoms with Crippen LogP contribution in [0.5, 0.6) is 5.75 Å². The summed E-state index contributed by atoms with van der Waals surface area (Å²) >= 11 is 0. The number of phenols is 1. The fourth-order valence-corrected chi connectivity index (χ4v) is 7.31. The second-order valence-electron chi connectivity index (χ2n) is 12.0. The number of likely N-dealkylation sites (N-methyl/N-ethyl adjacent to an activating group) is 1. The van der Waals surface area contributed by atoms with Crippen LogP contribution in [0.3, 0.4) is 0 Å². The van der Waals surface area contributed by atoms with E-state index in [2.05, 4.69) is 4.90 Å². The van der Waals surface area contributed by atoms with Gasteiger partial charge in [0.1, 0.15) is 28.7 Å². The maximum atomic E-state index is 14.0. The van der Waals surface area contributed by atoms with Crippen LogP contribution in [0.2, 0.25) is 0 Å². The van der Waals surface area contributed by atoms with Crippen LogP contribution in [0, 0.1) is 11.8 Å². The Balaban J connectivity index is 1.46. The lowest BCUT2D eigenvalue weighted by atomic mass is 9.57. The van der Waals surface area contributed by atoms with Crippen LogP contribution in [0.1, 0.15) is 30.4 Å². The topological polar surface area (TPSA) is 177 Å². The molecule has 4 aliphatic rings. The lowest BCUT2D eigenvalue weighted by Gasteiger charge is -2.50. The number of benzene rings is 2. The summed E-state index contributed by atoms with van der Waals surface area (Å²) in [6, 6.07) is 9.69. The second-order valence-corrected chi connectivity index (χ2v) is 12.0. The van der Waals surface area contributed by atoms with Gasteiger partial charge < -0.3 is 31.1 Å². The predicted octanol–water partition coefficient (Wildman–Crippen LogP) is 2.39. The fourth-order valence-electron chi connectivity index (χ4n) is 7.31. The zero-order valence-electron chi connectivity index (χ0n) is 24.2. The largest absolute Gasteiger partial charge is 0.508 e. The molecule has 1 aliphatic heterocycles. The SMILES string of the molecule is CN1CCCC1=Nc1ccc(-c2ccc(O)c3c2CC2CC4C(N(C)C)C(=O)C(C(N)=O)=C(O)C4(O)C(=O)C2=C3O)cc1. The number of Topliss-reactive ketones (excluding diaryl/α,β-unsaturated/α-hetero) is 2. The molecule has 0 radical (unpaired) electrons. The van der Waals surface area contributed by atoms with E-state index in [-0.39, 0.29) is 29.7 Å². The highest BCUT2D eigenvalue weighted by Gasteiger charge is 2.64. The number of rotatable bonds is 4. The Morgan fingerprint density at radius 3 is 2.40 bits per heavy atom. The molecule has 43 heavy (non-hydrogen) atoms. The summed E-state index contributed by atoms with van der Waals surface area (Å²) in [6.07, 6.45) is 2.24. The number of amidine groups is 1. The van der Waals surface area contributed by atoms with Crippen LogP contribution in [0.15, 0.2) is 58.3 Å². The van der Waals surface area contributed by atoms with Crippen molar-refractivity contribution >= 4 is 34.8 Å². The molecular formula is C32H34N4O7. The Morgan fingerprint density at radius 1 is 1.09 bits per heavy atom. The number of primary amides is 1. The van der Waals surface area contributed by atoms with Crippen molar-refractivity contribution in [1.29, 1.82) is 0 Å². The van der Waals surface area contributed by atoms with Gasteiger partial charge in [-0.1, -0.05) is 18.2 Å². The summed E-state index contributed by atoms with van der Waals surface area (Å²) in [5.41, 5.74) is 4.75. The Hall–Kier alpha value is -4.48. The number of carbonyl (C=O) groups is 3. The first-order valence-corrected chi connectivity index (χ1v) is 14.2. The molecule has 4 unspecified atom stereocenters. The number of aliphatic imine (C=N–C) groups is 1. The predicted molar refractivity (Wildman–Crippen MR) is 159 cm³/mol. The van der Waals surface area contributed by atoms with Gasteiger partial charge in [-0.25, -0.2) is 4.99 Å². The molecule has 2 fully saturated rings. The summed E-state index contributed by atoms with van der Waals surface area (Å²) < 4.78 is 0. The van der Waals surface area contributed by atoms with E-state index in [1.807, 2.05) is 31.3 Å². The lowest BCUT2D eigenvalue weighted by molar-refractivity contribution is -0.153. The van der Waals surface area contributed by atoms with Gasteiger partial charge in [0.25, 0.3) is 5.91 Å². The van der Waals surface area contributed by atoms with Gasteiger partial charge >= 0.3 is 0 Å². The number of fused-ring (bicyclic) bond motifs is 3. The number of aliphatic hydroxyl groups excluding tert-OH is 2. The zero-order valence-corrected chi connectivity index (χ0v) is 24.2. The molecule has 0 aromatic heterocycles. The minimum absolute atomic E-state index is 0.0325. The Kier molecular flexibility index (Phi) is 6.70. The molecule has 3 aliphatic carbocycles. The highest BCUT2D eigenvalue weighted by molar-refractivity contribution is 6.24. The monoisotopic (exact) mass is 586 g/mol. The number of carbonyl (C=O) groups excluding carboxylic acids is 3. The van der Waals surface area contributed by atoms with E-state index in [0.29, 0.717) is 5.56 Å². The number of aromatic hydroxyl groups is 1. The number of amides is 1. The number of nitrogens with two attached hydrogens (primary N) is 1. The summed E-state index contributed by atoms with van der Waals surface area (Å²) in [5.74, 6) is -5.69. The Bertz CT molecular complexity index is 1670. The number of ketones is 2. The zero-order chi connectivity index (χ0) is 31.0. The Morgan fingerprint density at radius 2 is 1.79 bits per heavy atom. The van der Waals surface area contributed by atoms with E-state index >= 15 is 0 Å². The number of nitrogens with zero attached hydrogens (tertiary/aromatic N) is 3. The molecule has 224 valence electrons. The van der Waals surface area contributed by atoms with Gasteiger partial charge in [-0.15, -0.1) is 0 Å². The molecule has 0 spiro atoms. The maximum absolute atomic E-state index is 14.0. The van der Waals surface area contributed by atoms with Crippen LogP contribution in [0.25, 0.3) is 16.9 Å². The van der Waals surface area contributed by atoms with Crippen LogP contribution < -0.4 is 5.73 Å². The summed E-state index contributed by atoms with van der Waals surface area (Å²) in [7, 11) is 5.16. The molecule has 11 nitrogen and oxygen atoms in total. The normalized spacial score (nSPS) is 28.0. The van der Waals surface area contributed by atoms with E-state index in [0.717, 1.165) is 42.0 Å². The van der Waals surface area contributed by atoms with Gasteiger partial charge in [-0.2, -0.15) is 0 Å². The first-order chi connectivity index (χ1) is 20.4. The van der Waals surface area contributed by atoms with E-state index in [1.165, 1.54) is 11.0 Å². The van der Waals surface area contributed by atoms with Gasteiger partial charge in [-0.3, -0.25) is 19.3 Å². The van der Waals surface area contributed by atoms with Gasteiger partial charge in [0.15, 0.2) is 11.4 Å². The van der Waals surface area contributed by atoms with Gasteiger partial charge in [0, 0.05) is 31.5 Å². The van der Waals surface area contributed by atoms with Crippen LogP contribution in [-0.2, 0) is 20.8 Å². The minimum atomic E-state index is -2.66. The van der Waals surface area contributed by atoms with Crippen molar-refractivity contribution in [3.05, 3.63) is 64.4 Å². The van der Waals surface area contributed by atoms with E-state index in [4.69, 9.17) is 10.7 Å². The third kappa shape index (κ3) is 4.17. The molecule has 11 heteroatoms. The molecule has 0 bridgehead atoms. The van der Waals surface area contributed by atoms with Gasteiger partial charge in [0.2, 0.25) is 5.78 Å². The molecular weight excluding hydrogens is 552 g/mol. The number of likely N-dealkylation sites (tertiary alicyclic amines) is 1. The Labute approximate surface area is 248 Å². The van der Waals surface area contributed by atoms with E-state index in [1.54, 1.807) is 20.2 Å². The van der Waals surface area contributed by atoms with Gasteiger partial charge in [0.05, 0.1) is 17.3 Å². The summed E-state index contributed by atoms with van der Waals surface area (Å²) in [4.78, 5) is 47.8. The minimum Gasteiger partial charge on any atom is -0.508 e. The quantitative estimate of drug-likeness (QED) is 0.337. The molecule has 1 heterocycles. The smallest absolute Gasteiger partial charge is 0.255 e. The number of hydrogen-bond acceptors (Lipinski definition) is 9. The summed E-state index contributed by atoms with van der Waals surface area (Å²) in [6.45, 7) is 0.975. The van der Waals surface area contributed by atoms with E-state index in [9.17, 15) is 34.8 Å². The van der Waals surface area contributed by atoms with Crippen LogP contribution in [0.4, 0.5) is 5.69 Å². The van der Waals surface area contributed by atoms with Crippen molar-refractivity contribution in [2.75, 3.05) is 27.7 Å². The van der Waals surface area contributed by atoms with Crippen molar-refractivity contribution in [1.82, 2.24) is 9.80 Å². The van der Waals surface area contributed by atoms with Crippen molar-refractivity contribution in [3.8, 4) is 16.9 Å². The molecule has 4 atom stereocenters. The molecule has 2 aromatic rings. The molecule has 6 rings (SSSR count). The number of hydrogen-bond donors (Lipinski definition) is 5. The van der Waals surface area contributed by atoms with E-state index < -0.39 is 58.0 Å². The standard InChI is InChI=1S/C32H34N4O7/c1-35(2)26-20-14-16-13-19-18(15-6-8-17(9-7-15)34-22-5-4-12-36(22)3)10-11-21(37)24(19)27(38)23(16)29(40)32(20,43)30(41)25(28(26)39)31(33)42/h6-11,16,20,26,37-38,41,43H,4-5,12-14H2,1-3H3,(H2,33,42).